The summed E-state index contributed by atoms with van der Waals surface area (Å²) in [7, 11) is 1.94. The minimum atomic E-state index is -0.245. The van der Waals surface area contributed by atoms with Crippen LogP contribution in [0.2, 0.25) is 0 Å². The maximum atomic E-state index is 13.3. The average molecular weight is 484 g/mol. The minimum Gasteiger partial charge on any atom is -0.369 e. The van der Waals surface area contributed by atoms with E-state index in [0.717, 1.165) is 44.7 Å². The van der Waals surface area contributed by atoms with Crippen LogP contribution in [0.1, 0.15) is 36.8 Å². The Bertz CT molecular complexity index is 1170. The maximum absolute atomic E-state index is 13.3. The second-order valence-corrected chi connectivity index (χ2v) is 11.5. The Hall–Kier alpha value is -2.67. The van der Waals surface area contributed by atoms with E-state index >= 15 is 0 Å². The van der Waals surface area contributed by atoms with E-state index in [1.807, 2.05) is 18.0 Å². The molecule has 1 spiro atoms. The quantitative estimate of drug-likeness (QED) is 0.623. The molecule has 188 valence electrons. The fourth-order valence-electron chi connectivity index (χ4n) is 7.70. The molecule has 2 aliphatic carbocycles. The van der Waals surface area contributed by atoms with Crippen molar-refractivity contribution in [3.63, 3.8) is 0 Å². The van der Waals surface area contributed by atoms with E-state index in [1.165, 1.54) is 29.7 Å². The normalized spacial score (nSPS) is 35.5. The van der Waals surface area contributed by atoms with E-state index in [2.05, 4.69) is 75.7 Å². The van der Waals surface area contributed by atoms with Crippen molar-refractivity contribution in [2.45, 2.75) is 43.2 Å². The van der Waals surface area contributed by atoms with Crippen LogP contribution in [0.3, 0.4) is 0 Å². The van der Waals surface area contributed by atoms with Crippen LogP contribution < -0.4 is 26.0 Å². The lowest BCUT2D eigenvalue weighted by Gasteiger charge is -2.33. The lowest BCUT2D eigenvalue weighted by molar-refractivity contribution is -0.120. The molecule has 0 radical (unpaired) electrons. The van der Waals surface area contributed by atoms with Crippen LogP contribution in [0.25, 0.3) is 6.08 Å². The molecule has 0 aromatic heterocycles. The Morgan fingerprint density at radius 1 is 1.00 bits per heavy atom. The van der Waals surface area contributed by atoms with Gasteiger partial charge in [0.25, 0.3) is 0 Å². The second kappa shape index (κ2) is 8.72. The summed E-state index contributed by atoms with van der Waals surface area (Å²) in [5.74, 6) is 2.03. The molecule has 2 saturated heterocycles. The number of piperazine rings is 1. The SMILES string of the molecule is CN1C(=O)[C@@]2(C[C@H]2C2CCC3C(/C=C/c4ccc(N5CCNCC5)cc4)NNC3C2)c2ccccc21. The minimum absolute atomic E-state index is 0.245. The second-order valence-electron chi connectivity index (χ2n) is 11.5. The van der Waals surface area contributed by atoms with Crippen molar-refractivity contribution in [2.75, 3.05) is 43.0 Å². The Morgan fingerprint density at radius 2 is 1.81 bits per heavy atom. The summed E-state index contributed by atoms with van der Waals surface area (Å²) in [6.45, 7) is 4.29. The van der Waals surface area contributed by atoms with Crippen molar-refractivity contribution in [3.05, 3.63) is 65.7 Å². The molecule has 36 heavy (non-hydrogen) atoms. The van der Waals surface area contributed by atoms with Gasteiger partial charge in [0.15, 0.2) is 0 Å². The van der Waals surface area contributed by atoms with Crippen LogP contribution in [0.4, 0.5) is 11.4 Å². The predicted molar refractivity (Wildman–Crippen MR) is 145 cm³/mol. The van der Waals surface area contributed by atoms with Gasteiger partial charge in [0.2, 0.25) is 5.91 Å². The lowest BCUT2D eigenvalue weighted by Crippen LogP contribution is -2.43. The molecule has 5 aliphatic rings. The maximum Gasteiger partial charge on any atom is 0.237 e. The Labute approximate surface area is 214 Å². The number of hydrazine groups is 1. The molecule has 4 fully saturated rings. The molecular weight excluding hydrogens is 446 g/mol. The average Bonchev–Trinajstić information content (AvgIpc) is 3.51. The highest BCUT2D eigenvalue weighted by Gasteiger charge is 2.68. The highest BCUT2D eigenvalue weighted by atomic mass is 16.2. The number of para-hydroxylation sites is 1. The molecule has 2 aromatic carbocycles. The van der Waals surface area contributed by atoms with Crippen molar-refractivity contribution in [3.8, 4) is 0 Å². The number of hydrogen-bond donors (Lipinski definition) is 3. The number of rotatable bonds is 4. The van der Waals surface area contributed by atoms with Gasteiger partial charge in [-0.05, 0) is 72.8 Å². The van der Waals surface area contributed by atoms with E-state index in [0.29, 0.717) is 35.7 Å². The third kappa shape index (κ3) is 3.53. The number of anilines is 2. The number of fused-ring (bicyclic) bond motifs is 3. The highest BCUT2D eigenvalue weighted by molar-refractivity contribution is 6.10. The van der Waals surface area contributed by atoms with Gasteiger partial charge in [-0.15, -0.1) is 0 Å². The number of hydrogen-bond acceptors (Lipinski definition) is 5. The monoisotopic (exact) mass is 483 g/mol. The number of carbonyl (C=O) groups is 1. The van der Waals surface area contributed by atoms with Crippen molar-refractivity contribution in [1.82, 2.24) is 16.2 Å². The molecule has 6 heteroatoms. The number of amides is 1. The standard InChI is InChI=1S/C30H37N5O/c1-34-28-5-3-2-4-24(28)30(29(34)36)19-25(30)21-9-12-23-26(32-33-27(23)18-21)13-8-20-6-10-22(11-7-20)35-16-14-31-15-17-35/h2-8,10-11,13,21,23,25-27,31-33H,9,12,14-19H2,1H3/b13-8+/t21?,23?,25-,26?,27?,30-/m0/s1. The lowest BCUT2D eigenvalue weighted by atomic mass is 9.73. The number of nitrogens with zero attached hydrogens (tertiary/aromatic N) is 2. The van der Waals surface area contributed by atoms with Crippen LogP contribution >= 0.6 is 0 Å². The first-order valence-electron chi connectivity index (χ1n) is 13.8. The third-order valence-corrected chi connectivity index (χ3v) is 9.73. The fraction of sp³-hybridized carbons (Fsp3) is 0.500. The number of benzene rings is 2. The zero-order chi connectivity index (χ0) is 24.3. The van der Waals surface area contributed by atoms with E-state index in [1.54, 1.807) is 0 Å². The smallest absolute Gasteiger partial charge is 0.237 e. The highest BCUT2D eigenvalue weighted by Crippen LogP contribution is 2.66. The molecule has 2 saturated carbocycles. The molecule has 1 amide bonds. The predicted octanol–water partition coefficient (Wildman–Crippen LogP) is 3.31. The molecule has 3 heterocycles. The van der Waals surface area contributed by atoms with Gasteiger partial charge < -0.3 is 15.1 Å². The molecule has 4 unspecified atom stereocenters. The van der Waals surface area contributed by atoms with Crippen molar-refractivity contribution in [1.29, 1.82) is 0 Å². The molecule has 3 N–H and O–H groups in total. The molecule has 6 nitrogen and oxygen atoms in total. The summed E-state index contributed by atoms with van der Waals surface area (Å²) < 4.78 is 0. The van der Waals surface area contributed by atoms with Crippen LogP contribution in [-0.4, -0.2) is 51.2 Å². The Balaban J connectivity index is 0.990. The van der Waals surface area contributed by atoms with Gasteiger partial charge in [-0.1, -0.05) is 42.5 Å². The zero-order valence-corrected chi connectivity index (χ0v) is 21.1. The van der Waals surface area contributed by atoms with Gasteiger partial charge in [-0.2, -0.15) is 0 Å². The van der Waals surface area contributed by atoms with Crippen LogP contribution in [0, 0.1) is 17.8 Å². The van der Waals surface area contributed by atoms with E-state index in [4.69, 9.17) is 0 Å². The van der Waals surface area contributed by atoms with Gasteiger partial charge in [0.05, 0.1) is 5.41 Å². The first-order valence-corrected chi connectivity index (χ1v) is 13.8. The Morgan fingerprint density at radius 3 is 2.64 bits per heavy atom. The van der Waals surface area contributed by atoms with Crippen LogP contribution in [0.15, 0.2) is 54.6 Å². The number of nitrogens with one attached hydrogen (secondary N) is 3. The fourth-order valence-corrected chi connectivity index (χ4v) is 7.70. The van der Waals surface area contributed by atoms with E-state index < -0.39 is 0 Å². The third-order valence-electron chi connectivity index (χ3n) is 9.73. The molecular formula is C30H37N5O. The van der Waals surface area contributed by atoms with Crippen LogP contribution in [-0.2, 0) is 10.2 Å². The Kier molecular flexibility index (Phi) is 5.45. The largest absolute Gasteiger partial charge is 0.369 e. The topological polar surface area (TPSA) is 59.6 Å². The van der Waals surface area contributed by atoms with Gasteiger partial charge in [0.1, 0.15) is 0 Å². The number of carbonyl (C=O) groups excluding carboxylic acids is 1. The van der Waals surface area contributed by atoms with Crippen molar-refractivity contribution in [2.24, 2.45) is 17.8 Å². The molecule has 6 atom stereocenters. The van der Waals surface area contributed by atoms with Gasteiger partial charge in [-0.25, -0.2) is 0 Å². The van der Waals surface area contributed by atoms with Gasteiger partial charge in [0, 0.05) is 56.7 Å². The summed E-state index contributed by atoms with van der Waals surface area (Å²) in [5.41, 5.74) is 11.9. The summed E-state index contributed by atoms with van der Waals surface area (Å²) in [4.78, 5) is 17.6. The van der Waals surface area contributed by atoms with Crippen molar-refractivity contribution >= 4 is 23.4 Å². The summed E-state index contributed by atoms with van der Waals surface area (Å²) in [5, 5.41) is 3.42. The molecule has 3 aliphatic heterocycles. The van der Waals surface area contributed by atoms with Crippen molar-refractivity contribution < 1.29 is 4.79 Å². The summed E-state index contributed by atoms with van der Waals surface area (Å²) in [6, 6.07) is 18.3. The summed E-state index contributed by atoms with van der Waals surface area (Å²) >= 11 is 0. The molecule has 7 rings (SSSR count). The molecule has 0 bridgehead atoms. The van der Waals surface area contributed by atoms with E-state index in [-0.39, 0.29) is 5.41 Å². The van der Waals surface area contributed by atoms with E-state index in [9.17, 15) is 4.79 Å². The number of likely N-dealkylation sites (N-methyl/N-ethyl adjacent to an activating group) is 1. The first-order chi connectivity index (χ1) is 17.6. The summed E-state index contributed by atoms with van der Waals surface area (Å²) in [6.07, 6.45) is 9.24. The molecule has 2 aromatic rings. The van der Waals surface area contributed by atoms with Gasteiger partial charge in [-0.3, -0.25) is 15.6 Å². The van der Waals surface area contributed by atoms with Gasteiger partial charge >= 0.3 is 0 Å². The zero-order valence-electron chi connectivity index (χ0n) is 21.1. The van der Waals surface area contributed by atoms with Crippen LogP contribution in [0.5, 0.6) is 0 Å². The first kappa shape index (κ1) is 22.5.